The van der Waals surface area contributed by atoms with E-state index in [0.717, 1.165) is 18.0 Å². The minimum atomic E-state index is -0.635. The maximum atomic E-state index is 12.2. The van der Waals surface area contributed by atoms with Gasteiger partial charge in [-0.1, -0.05) is 18.7 Å². The molecule has 0 spiro atoms. The Morgan fingerprint density at radius 3 is 3.00 bits per heavy atom. The molecule has 1 aliphatic carbocycles. The molecule has 2 atom stereocenters. The largest absolute Gasteiger partial charge is 0.465 e. The Morgan fingerprint density at radius 1 is 1.70 bits per heavy atom. The van der Waals surface area contributed by atoms with E-state index in [1.165, 1.54) is 6.33 Å². The van der Waals surface area contributed by atoms with E-state index in [0.29, 0.717) is 19.1 Å². The zero-order valence-electron chi connectivity index (χ0n) is 12.2. The first-order valence-corrected chi connectivity index (χ1v) is 7.88. The standard InChI is InChI=1S/C13H22N4O2S/c1-4-19-11(18)13(3,16-10-5-6-10)7-9(2)20-12-14-8-15-17-12/h8-10,16H,4-7H2,1-3H3,(H,14,15,17). The van der Waals surface area contributed by atoms with E-state index in [1.807, 2.05) is 13.8 Å². The van der Waals surface area contributed by atoms with Gasteiger partial charge in [-0.05, 0) is 33.1 Å². The lowest BCUT2D eigenvalue weighted by atomic mass is 9.95. The van der Waals surface area contributed by atoms with E-state index >= 15 is 0 Å². The Kier molecular flexibility index (Phi) is 5.04. The average molecular weight is 298 g/mol. The van der Waals surface area contributed by atoms with Gasteiger partial charge in [-0.2, -0.15) is 5.10 Å². The molecule has 0 aromatic carbocycles. The fourth-order valence-electron chi connectivity index (χ4n) is 2.23. The summed E-state index contributed by atoms with van der Waals surface area (Å²) in [6, 6.07) is 0.451. The van der Waals surface area contributed by atoms with Gasteiger partial charge in [0.05, 0.1) is 6.61 Å². The Morgan fingerprint density at radius 2 is 2.45 bits per heavy atom. The summed E-state index contributed by atoms with van der Waals surface area (Å²) >= 11 is 1.58. The highest BCUT2D eigenvalue weighted by Gasteiger charge is 2.40. The molecule has 7 heteroatoms. The van der Waals surface area contributed by atoms with Crippen molar-refractivity contribution in [3.8, 4) is 0 Å². The molecule has 1 aliphatic rings. The molecule has 1 aromatic heterocycles. The second-order valence-corrected chi connectivity index (χ2v) is 6.82. The second kappa shape index (κ2) is 6.58. The van der Waals surface area contributed by atoms with Crippen LogP contribution in [0.3, 0.4) is 0 Å². The maximum Gasteiger partial charge on any atom is 0.326 e. The number of aromatic amines is 1. The van der Waals surface area contributed by atoms with Gasteiger partial charge in [-0.25, -0.2) is 4.98 Å². The van der Waals surface area contributed by atoms with Gasteiger partial charge >= 0.3 is 5.97 Å². The van der Waals surface area contributed by atoms with Crippen LogP contribution in [0.15, 0.2) is 11.5 Å². The van der Waals surface area contributed by atoms with Crippen LogP contribution in [0, 0.1) is 0 Å². The van der Waals surface area contributed by atoms with Gasteiger partial charge in [0.15, 0.2) is 5.16 Å². The van der Waals surface area contributed by atoms with Gasteiger partial charge in [-0.15, -0.1) is 0 Å². The quantitative estimate of drug-likeness (QED) is 0.562. The van der Waals surface area contributed by atoms with E-state index in [1.54, 1.807) is 11.8 Å². The number of aromatic nitrogens is 3. The van der Waals surface area contributed by atoms with Crippen molar-refractivity contribution in [3.63, 3.8) is 0 Å². The first-order valence-electron chi connectivity index (χ1n) is 7.00. The number of nitrogens with zero attached hydrogens (tertiary/aromatic N) is 2. The van der Waals surface area contributed by atoms with Crippen LogP contribution in [0.2, 0.25) is 0 Å². The van der Waals surface area contributed by atoms with Crippen LogP contribution in [-0.2, 0) is 9.53 Å². The van der Waals surface area contributed by atoms with Crippen LogP contribution < -0.4 is 5.32 Å². The number of thioether (sulfide) groups is 1. The summed E-state index contributed by atoms with van der Waals surface area (Å²) in [5, 5.41) is 11.1. The number of hydrogen-bond donors (Lipinski definition) is 2. The van der Waals surface area contributed by atoms with Crippen LogP contribution >= 0.6 is 11.8 Å². The third-order valence-electron chi connectivity index (χ3n) is 3.23. The lowest BCUT2D eigenvalue weighted by Crippen LogP contribution is -2.52. The molecule has 20 heavy (non-hydrogen) atoms. The molecule has 0 saturated heterocycles. The van der Waals surface area contributed by atoms with Crippen LogP contribution in [0.5, 0.6) is 0 Å². The lowest BCUT2D eigenvalue weighted by molar-refractivity contribution is -0.150. The maximum absolute atomic E-state index is 12.2. The summed E-state index contributed by atoms with van der Waals surface area (Å²) in [7, 11) is 0. The van der Waals surface area contributed by atoms with Crippen LogP contribution in [0.4, 0.5) is 0 Å². The first kappa shape index (κ1) is 15.3. The van der Waals surface area contributed by atoms with Gasteiger partial charge in [0.2, 0.25) is 0 Å². The summed E-state index contributed by atoms with van der Waals surface area (Å²) < 4.78 is 5.23. The van der Waals surface area contributed by atoms with Crippen molar-refractivity contribution in [1.29, 1.82) is 0 Å². The van der Waals surface area contributed by atoms with Gasteiger partial charge in [0.25, 0.3) is 0 Å². The Balaban J connectivity index is 1.96. The average Bonchev–Trinajstić information content (AvgIpc) is 3.03. The van der Waals surface area contributed by atoms with Gasteiger partial charge in [-0.3, -0.25) is 15.2 Å². The molecule has 0 aliphatic heterocycles. The van der Waals surface area contributed by atoms with Gasteiger partial charge in [0.1, 0.15) is 11.9 Å². The summed E-state index contributed by atoms with van der Waals surface area (Å²) in [5.41, 5.74) is -0.635. The smallest absolute Gasteiger partial charge is 0.326 e. The summed E-state index contributed by atoms with van der Waals surface area (Å²) in [6.07, 6.45) is 4.45. The fourth-order valence-corrected chi connectivity index (χ4v) is 3.24. The van der Waals surface area contributed by atoms with Crippen molar-refractivity contribution in [2.45, 2.75) is 62.0 Å². The normalized spacial score (nSPS) is 19.4. The molecule has 0 bridgehead atoms. The molecule has 0 amide bonds. The molecule has 1 fully saturated rings. The predicted octanol–water partition coefficient (Wildman–Crippen LogP) is 1.75. The first-order chi connectivity index (χ1) is 9.53. The highest BCUT2D eigenvalue weighted by Crippen LogP contribution is 2.30. The number of carbonyl (C=O) groups excluding carboxylic acids is 1. The van der Waals surface area contributed by atoms with Crippen LogP contribution in [0.25, 0.3) is 0 Å². The van der Waals surface area contributed by atoms with E-state index in [9.17, 15) is 4.79 Å². The molecule has 1 saturated carbocycles. The topological polar surface area (TPSA) is 79.9 Å². The number of ether oxygens (including phenoxy) is 1. The van der Waals surface area contributed by atoms with E-state index in [-0.39, 0.29) is 11.2 Å². The predicted molar refractivity (Wildman–Crippen MR) is 77.5 cm³/mol. The molecule has 2 unspecified atom stereocenters. The highest BCUT2D eigenvalue weighted by molar-refractivity contribution is 7.99. The Labute approximate surface area is 123 Å². The molecule has 2 rings (SSSR count). The summed E-state index contributed by atoms with van der Waals surface area (Å²) in [5.74, 6) is -0.170. The number of nitrogens with one attached hydrogen (secondary N) is 2. The number of H-pyrrole nitrogens is 1. The number of hydrogen-bond acceptors (Lipinski definition) is 6. The van der Waals surface area contributed by atoms with Gasteiger partial charge < -0.3 is 4.74 Å². The number of rotatable bonds is 8. The Bertz CT molecular complexity index is 436. The SMILES string of the molecule is CCOC(=O)C(C)(CC(C)Sc1ncn[nH]1)NC1CC1. The summed E-state index contributed by atoms with van der Waals surface area (Å²) in [4.78, 5) is 16.3. The molecule has 6 nitrogen and oxygen atoms in total. The second-order valence-electron chi connectivity index (χ2n) is 5.39. The summed E-state index contributed by atoms with van der Waals surface area (Å²) in [6.45, 7) is 6.26. The van der Waals surface area contributed by atoms with Crippen molar-refractivity contribution < 1.29 is 9.53 Å². The molecule has 2 N–H and O–H groups in total. The van der Waals surface area contributed by atoms with Crippen molar-refractivity contribution in [3.05, 3.63) is 6.33 Å². The monoisotopic (exact) mass is 298 g/mol. The van der Waals surface area contributed by atoms with Crippen LogP contribution in [-0.4, -0.2) is 44.6 Å². The third-order valence-corrected chi connectivity index (χ3v) is 4.22. The zero-order valence-corrected chi connectivity index (χ0v) is 13.0. The highest BCUT2D eigenvalue weighted by atomic mass is 32.2. The lowest BCUT2D eigenvalue weighted by Gasteiger charge is -2.30. The molecular formula is C13H22N4O2S. The molecule has 1 heterocycles. The third kappa shape index (κ3) is 4.21. The molecule has 1 aromatic rings. The van der Waals surface area contributed by atoms with E-state index in [2.05, 4.69) is 27.4 Å². The molecule has 112 valence electrons. The van der Waals surface area contributed by atoms with E-state index < -0.39 is 5.54 Å². The molecule has 0 radical (unpaired) electrons. The van der Waals surface area contributed by atoms with Crippen LogP contribution in [0.1, 0.15) is 40.0 Å². The Hall–Kier alpha value is -1.08. The van der Waals surface area contributed by atoms with Crippen molar-refractivity contribution in [2.75, 3.05) is 6.61 Å². The van der Waals surface area contributed by atoms with Crippen molar-refractivity contribution >= 4 is 17.7 Å². The van der Waals surface area contributed by atoms with Crippen molar-refractivity contribution in [2.24, 2.45) is 0 Å². The molecular weight excluding hydrogens is 276 g/mol. The minimum absolute atomic E-state index is 0.170. The van der Waals surface area contributed by atoms with Crippen molar-refractivity contribution in [1.82, 2.24) is 20.5 Å². The number of esters is 1. The van der Waals surface area contributed by atoms with E-state index in [4.69, 9.17) is 4.74 Å². The fraction of sp³-hybridized carbons (Fsp3) is 0.769. The zero-order chi connectivity index (χ0) is 14.6. The minimum Gasteiger partial charge on any atom is -0.465 e. The number of carbonyl (C=O) groups is 1. The van der Waals surface area contributed by atoms with Gasteiger partial charge in [0, 0.05) is 11.3 Å².